The summed E-state index contributed by atoms with van der Waals surface area (Å²) in [6.07, 6.45) is -6.47. The summed E-state index contributed by atoms with van der Waals surface area (Å²) in [5, 5.41) is 17.2. The summed E-state index contributed by atoms with van der Waals surface area (Å²) < 4.78 is 50.0. The third kappa shape index (κ3) is 5.42. The highest BCUT2D eigenvalue weighted by molar-refractivity contribution is 6.30. The van der Waals surface area contributed by atoms with E-state index in [9.17, 15) is 18.0 Å². The Balaban J connectivity index is 0.000000941. The van der Waals surface area contributed by atoms with E-state index < -0.39 is 23.8 Å². The molecule has 5 nitrogen and oxygen atoms in total. The van der Waals surface area contributed by atoms with Gasteiger partial charge in [-0.3, -0.25) is 0 Å². The number of aryl methyl sites for hydroxylation is 1. The van der Waals surface area contributed by atoms with Crippen LogP contribution in [0.4, 0.5) is 13.2 Å². The molecule has 1 aliphatic rings. The number of fused-ring (bicyclic) bond motifs is 1. The van der Waals surface area contributed by atoms with E-state index in [4.69, 9.17) is 31.3 Å². The van der Waals surface area contributed by atoms with Gasteiger partial charge >= 0.3 is 12.1 Å². The van der Waals surface area contributed by atoms with Gasteiger partial charge in [-0.25, -0.2) is 4.79 Å². The van der Waals surface area contributed by atoms with Crippen LogP contribution in [0.3, 0.4) is 0 Å². The molecule has 0 saturated carbocycles. The number of carbonyl (C=O) groups is 1. The smallest absolute Gasteiger partial charge is 0.430 e. The number of ether oxygens (including phenoxy) is 2. The van der Waals surface area contributed by atoms with Gasteiger partial charge in [-0.05, 0) is 55.8 Å². The van der Waals surface area contributed by atoms with Crippen molar-refractivity contribution in [1.82, 2.24) is 0 Å². The van der Waals surface area contributed by atoms with Crippen molar-refractivity contribution in [2.45, 2.75) is 26.1 Å². The summed E-state index contributed by atoms with van der Waals surface area (Å²) in [6, 6.07) is 9.19. The first-order valence-corrected chi connectivity index (χ1v) is 8.82. The van der Waals surface area contributed by atoms with Gasteiger partial charge in [0.1, 0.15) is 17.2 Å². The first kappa shape index (κ1) is 22.6. The number of alkyl halides is 3. The van der Waals surface area contributed by atoms with E-state index in [0.29, 0.717) is 16.3 Å². The van der Waals surface area contributed by atoms with Crippen molar-refractivity contribution in [3.63, 3.8) is 0 Å². The van der Waals surface area contributed by atoms with E-state index in [1.54, 1.807) is 32.0 Å². The minimum absolute atomic E-state index is 0.110. The van der Waals surface area contributed by atoms with Crippen molar-refractivity contribution in [2.75, 3.05) is 6.61 Å². The Labute approximate surface area is 169 Å². The lowest BCUT2D eigenvalue weighted by atomic mass is 10.0. The van der Waals surface area contributed by atoms with Gasteiger partial charge in [0.05, 0.1) is 11.1 Å². The Morgan fingerprint density at radius 1 is 1.24 bits per heavy atom. The summed E-state index contributed by atoms with van der Waals surface area (Å²) in [4.78, 5) is 11.3. The highest BCUT2D eigenvalue weighted by atomic mass is 35.5. The molecular formula is C20H18ClF3O5. The van der Waals surface area contributed by atoms with Crippen molar-refractivity contribution in [1.29, 1.82) is 0 Å². The van der Waals surface area contributed by atoms with Gasteiger partial charge in [-0.1, -0.05) is 17.7 Å². The Kier molecular flexibility index (Phi) is 7.16. The van der Waals surface area contributed by atoms with Crippen molar-refractivity contribution in [2.24, 2.45) is 0 Å². The van der Waals surface area contributed by atoms with Gasteiger partial charge in [0.2, 0.25) is 6.10 Å². The second-order valence-electron chi connectivity index (χ2n) is 5.94. The summed E-state index contributed by atoms with van der Waals surface area (Å²) in [7, 11) is 0. The molecule has 1 heterocycles. The van der Waals surface area contributed by atoms with E-state index >= 15 is 0 Å². The predicted octanol–water partition coefficient (Wildman–Crippen LogP) is 5.23. The Bertz CT molecular complexity index is 925. The zero-order valence-corrected chi connectivity index (χ0v) is 16.2. The molecule has 2 aromatic carbocycles. The normalized spacial score (nSPS) is 15.3. The number of aliphatic carboxylic acids is 1. The minimum Gasteiger partial charge on any atom is -0.478 e. The van der Waals surface area contributed by atoms with Crippen molar-refractivity contribution < 1.29 is 37.7 Å². The lowest BCUT2D eigenvalue weighted by Gasteiger charge is -2.27. The quantitative estimate of drug-likeness (QED) is 0.697. The second-order valence-corrected chi connectivity index (χ2v) is 6.38. The van der Waals surface area contributed by atoms with Crippen LogP contribution in [0.25, 0.3) is 6.08 Å². The standard InChI is InChI=1S/C18H12ClF3O4.C2H6O/c1-9-7-10(19)5-6-13(9)25-14-3-2-4-15-11(14)8-12(17(23)24)16(26-15)18(20,21)22;1-2-3/h2-8,16H,1H3,(H,23,24);3H,2H2,1H3. The maximum Gasteiger partial charge on any atom is 0.430 e. The molecule has 1 atom stereocenters. The predicted molar refractivity (Wildman–Crippen MR) is 102 cm³/mol. The van der Waals surface area contributed by atoms with Gasteiger partial charge in [-0.2, -0.15) is 13.2 Å². The van der Waals surface area contributed by atoms with Crippen molar-refractivity contribution >= 4 is 23.6 Å². The van der Waals surface area contributed by atoms with Gasteiger partial charge in [0.15, 0.2) is 0 Å². The Morgan fingerprint density at radius 3 is 2.45 bits per heavy atom. The molecule has 1 aliphatic heterocycles. The lowest BCUT2D eigenvalue weighted by Crippen LogP contribution is -2.40. The molecule has 3 rings (SSSR count). The summed E-state index contributed by atoms with van der Waals surface area (Å²) in [6.45, 7) is 3.69. The highest BCUT2D eigenvalue weighted by Crippen LogP contribution is 2.42. The molecule has 2 N–H and O–H groups in total. The Hall–Kier alpha value is -2.71. The maximum absolute atomic E-state index is 13.1. The number of carboxylic acid groups (broad SMARTS) is 1. The van der Waals surface area contributed by atoms with E-state index in [2.05, 4.69) is 0 Å². The highest BCUT2D eigenvalue weighted by Gasteiger charge is 2.48. The number of hydrogen-bond donors (Lipinski definition) is 2. The molecule has 0 amide bonds. The molecule has 0 spiro atoms. The first-order valence-electron chi connectivity index (χ1n) is 8.44. The van der Waals surface area contributed by atoms with E-state index in [1.807, 2.05) is 0 Å². The zero-order chi connectivity index (χ0) is 21.8. The van der Waals surface area contributed by atoms with Crippen LogP contribution in [0.2, 0.25) is 5.02 Å². The number of benzene rings is 2. The third-order valence-electron chi connectivity index (χ3n) is 3.75. The molecule has 9 heteroatoms. The van der Waals surface area contributed by atoms with E-state index in [1.165, 1.54) is 18.2 Å². The first-order chi connectivity index (χ1) is 13.6. The molecular weight excluding hydrogens is 413 g/mol. The minimum atomic E-state index is -4.86. The second kappa shape index (κ2) is 9.19. The monoisotopic (exact) mass is 430 g/mol. The molecule has 0 fully saturated rings. The van der Waals surface area contributed by atoms with Crippen LogP contribution < -0.4 is 9.47 Å². The number of halogens is 4. The number of aliphatic hydroxyl groups excluding tert-OH is 1. The fourth-order valence-electron chi connectivity index (χ4n) is 2.54. The third-order valence-corrected chi connectivity index (χ3v) is 3.99. The topological polar surface area (TPSA) is 76.0 Å². The van der Waals surface area contributed by atoms with Gasteiger partial charge in [0.25, 0.3) is 0 Å². The average molecular weight is 431 g/mol. The zero-order valence-electron chi connectivity index (χ0n) is 15.5. The molecule has 0 aliphatic carbocycles. The van der Waals surface area contributed by atoms with Crippen molar-refractivity contribution in [3.8, 4) is 17.2 Å². The molecule has 0 aromatic heterocycles. The molecule has 156 valence electrons. The van der Waals surface area contributed by atoms with Crippen molar-refractivity contribution in [3.05, 3.63) is 58.1 Å². The van der Waals surface area contributed by atoms with Gasteiger partial charge in [-0.15, -0.1) is 0 Å². The molecule has 2 aromatic rings. The lowest BCUT2D eigenvalue weighted by molar-refractivity contribution is -0.187. The number of hydrogen-bond acceptors (Lipinski definition) is 4. The van der Waals surface area contributed by atoms with E-state index in [-0.39, 0.29) is 23.7 Å². The van der Waals surface area contributed by atoms with Crippen LogP contribution in [0.15, 0.2) is 42.0 Å². The maximum atomic E-state index is 13.1. The Morgan fingerprint density at radius 2 is 1.90 bits per heavy atom. The molecule has 29 heavy (non-hydrogen) atoms. The van der Waals surface area contributed by atoms with Gasteiger partial charge < -0.3 is 19.7 Å². The van der Waals surface area contributed by atoms with Crippen LogP contribution in [-0.2, 0) is 4.79 Å². The number of rotatable bonds is 3. The fourth-order valence-corrected chi connectivity index (χ4v) is 2.77. The number of carboxylic acids is 1. The molecule has 0 bridgehead atoms. The van der Waals surface area contributed by atoms with Crippen LogP contribution in [-0.4, -0.2) is 35.1 Å². The van der Waals surface area contributed by atoms with Crippen LogP contribution >= 0.6 is 11.6 Å². The van der Waals surface area contributed by atoms with Gasteiger partial charge in [0, 0.05) is 11.6 Å². The SMILES string of the molecule is CCO.Cc1cc(Cl)ccc1Oc1cccc2c1C=C(C(=O)O)C(C(F)(F)F)O2. The summed E-state index contributed by atoms with van der Waals surface area (Å²) in [5.41, 5.74) is -0.0731. The van der Waals surface area contributed by atoms with Crippen LogP contribution in [0, 0.1) is 6.92 Å². The molecule has 0 saturated heterocycles. The van der Waals surface area contributed by atoms with Crippen LogP contribution in [0.5, 0.6) is 17.2 Å². The largest absolute Gasteiger partial charge is 0.478 e. The fraction of sp³-hybridized carbons (Fsp3) is 0.250. The number of aliphatic hydroxyl groups is 1. The van der Waals surface area contributed by atoms with Crippen LogP contribution in [0.1, 0.15) is 18.1 Å². The molecule has 0 radical (unpaired) electrons. The molecule has 1 unspecified atom stereocenters. The van der Waals surface area contributed by atoms with E-state index in [0.717, 1.165) is 6.08 Å². The average Bonchev–Trinajstić information content (AvgIpc) is 2.63. The summed E-state index contributed by atoms with van der Waals surface area (Å²) in [5.74, 6) is -1.21. The summed E-state index contributed by atoms with van der Waals surface area (Å²) >= 11 is 5.89.